The standard InChI is InChI=1S/C31H52N2O5/c1-18(2)29(6)16-24(38-28(36)32-27(35)22-17-33(8)15-12-19(22)3)30(7)20(4)10-13-31(21(5)26(29)34)14-11-23(37-9)25(30)31/h18-25H,10-17H2,1-9H3,(H,32,35,36)/t19-,20+,21-,22-,23?,24+,25?,29-,30-,31?/m0/s1. The normalized spacial score (nSPS) is 45.7. The van der Waals surface area contributed by atoms with Gasteiger partial charge in [-0.2, -0.15) is 0 Å². The van der Waals surface area contributed by atoms with Gasteiger partial charge in [0.05, 0.1) is 12.0 Å². The highest BCUT2D eigenvalue weighted by Gasteiger charge is 2.69. The number of likely N-dealkylation sites (tertiary alicyclic amines) is 1. The number of hydrogen-bond donors (Lipinski definition) is 1. The molecule has 1 N–H and O–H groups in total. The van der Waals surface area contributed by atoms with E-state index in [4.69, 9.17) is 9.47 Å². The van der Waals surface area contributed by atoms with Gasteiger partial charge in [-0.1, -0.05) is 48.5 Å². The molecule has 10 atom stereocenters. The van der Waals surface area contributed by atoms with Crippen molar-refractivity contribution < 1.29 is 23.9 Å². The average Bonchev–Trinajstić information content (AvgIpc) is 3.26. The lowest BCUT2D eigenvalue weighted by molar-refractivity contribution is -0.194. The lowest BCUT2D eigenvalue weighted by Gasteiger charge is -2.62. The Bertz CT molecular complexity index is 937. The van der Waals surface area contributed by atoms with Gasteiger partial charge in [0.2, 0.25) is 5.91 Å². The smallest absolute Gasteiger partial charge is 0.414 e. The number of ketones is 1. The molecule has 4 rings (SSSR count). The molecule has 3 unspecified atom stereocenters. The molecule has 4 fully saturated rings. The van der Waals surface area contributed by atoms with E-state index >= 15 is 0 Å². The van der Waals surface area contributed by atoms with Crippen LogP contribution in [0.5, 0.6) is 0 Å². The molecule has 216 valence electrons. The predicted octanol–water partition coefficient (Wildman–Crippen LogP) is 5.31. The predicted molar refractivity (Wildman–Crippen MR) is 147 cm³/mol. The number of carbonyl (C=O) groups is 3. The highest BCUT2D eigenvalue weighted by atomic mass is 16.6. The Morgan fingerprint density at radius 1 is 1.08 bits per heavy atom. The summed E-state index contributed by atoms with van der Waals surface area (Å²) in [7, 11) is 3.79. The zero-order valence-corrected chi connectivity index (χ0v) is 25.3. The number of nitrogens with one attached hydrogen (secondary N) is 1. The minimum Gasteiger partial charge on any atom is -0.445 e. The van der Waals surface area contributed by atoms with Crippen molar-refractivity contribution in [2.75, 3.05) is 27.2 Å². The number of carbonyl (C=O) groups excluding carboxylic acids is 3. The molecule has 0 radical (unpaired) electrons. The Morgan fingerprint density at radius 3 is 2.37 bits per heavy atom. The van der Waals surface area contributed by atoms with E-state index in [1.165, 1.54) is 0 Å². The third-order valence-electron chi connectivity index (χ3n) is 12.3. The van der Waals surface area contributed by atoms with Gasteiger partial charge in [0.1, 0.15) is 11.9 Å². The van der Waals surface area contributed by atoms with Crippen molar-refractivity contribution in [1.82, 2.24) is 10.2 Å². The van der Waals surface area contributed by atoms with Gasteiger partial charge in [0.15, 0.2) is 0 Å². The number of rotatable bonds is 4. The van der Waals surface area contributed by atoms with Crippen molar-refractivity contribution in [2.24, 2.45) is 51.8 Å². The molecule has 4 aliphatic rings. The number of imide groups is 1. The largest absolute Gasteiger partial charge is 0.445 e. The van der Waals surface area contributed by atoms with E-state index < -0.39 is 17.6 Å². The summed E-state index contributed by atoms with van der Waals surface area (Å²) in [5, 5.41) is 2.61. The van der Waals surface area contributed by atoms with Crippen LogP contribution in [0.25, 0.3) is 0 Å². The zero-order chi connectivity index (χ0) is 28.2. The molecular weight excluding hydrogens is 480 g/mol. The second kappa shape index (κ2) is 10.5. The summed E-state index contributed by atoms with van der Waals surface area (Å²) in [6.07, 6.45) is 4.11. The van der Waals surface area contributed by atoms with Gasteiger partial charge in [-0.25, -0.2) is 4.79 Å². The van der Waals surface area contributed by atoms with Crippen molar-refractivity contribution in [2.45, 2.75) is 99.2 Å². The summed E-state index contributed by atoms with van der Waals surface area (Å²) in [5.74, 6) is 0.409. The van der Waals surface area contributed by atoms with Crippen molar-refractivity contribution >= 4 is 17.8 Å². The van der Waals surface area contributed by atoms with E-state index in [1.807, 2.05) is 7.05 Å². The summed E-state index contributed by atoms with van der Waals surface area (Å²) >= 11 is 0. The molecule has 0 aromatic rings. The van der Waals surface area contributed by atoms with Gasteiger partial charge < -0.3 is 14.4 Å². The SMILES string of the molecule is COC1CCC23CC[C@@H](C)[C@](C)(C12)[C@H](OC(=O)NC(=O)[C@H]1CN(C)CC[C@@H]1C)C[C@@](C)(C(C)C)C(=O)[C@@H]3C. The fourth-order valence-corrected chi connectivity index (χ4v) is 9.06. The number of Topliss-reactive ketones (excluding diaryl/α,β-unsaturated/α-hetero) is 1. The topological polar surface area (TPSA) is 84.9 Å². The first-order valence-corrected chi connectivity index (χ1v) is 15.0. The first-order valence-electron chi connectivity index (χ1n) is 15.0. The lowest BCUT2D eigenvalue weighted by Crippen LogP contribution is -2.64. The highest BCUT2D eigenvalue weighted by molar-refractivity contribution is 5.93. The van der Waals surface area contributed by atoms with Crippen molar-refractivity contribution in [1.29, 1.82) is 0 Å². The molecule has 2 bridgehead atoms. The molecule has 7 nitrogen and oxygen atoms in total. The minimum atomic E-state index is -0.677. The number of methoxy groups -OCH3 is 1. The van der Waals surface area contributed by atoms with Crippen LogP contribution in [0.2, 0.25) is 0 Å². The fraction of sp³-hybridized carbons (Fsp3) is 0.903. The van der Waals surface area contributed by atoms with Gasteiger partial charge in [0, 0.05) is 36.3 Å². The summed E-state index contributed by atoms with van der Waals surface area (Å²) in [5.41, 5.74) is -1.17. The zero-order valence-electron chi connectivity index (χ0n) is 25.3. The maximum atomic E-state index is 14.3. The summed E-state index contributed by atoms with van der Waals surface area (Å²) < 4.78 is 12.4. The quantitative estimate of drug-likeness (QED) is 0.528. The third-order valence-corrected chi connectivity index (χ3v) is 12.3. The Kier molecular flexibility index (Phi) is 8.15. The van der Waals surface area contributed by atoms with E-state index in [0.29, 0.717) is 13.0 Å². The number of piperidine rings is 1. The van der Waals surface area contributed by atoms with Crippen molar-refractivity contribution in [3.63, 3.8) is 0 Å². The van der Waals surface area contributed by atoms with E-state index in [1.54, 1.807) is 7.11 Å². The Labute approximate surface area is 230 Å². The molecule has 3 saturated carbocycles. The number of nitrogens with zero attached hydrogens (tertiary/aromatic N) is 1. The Hall–Kier alpha value is -1.47. The maximum Gasteiger partial charge on any atom is 0.414 e. The fourth-order valence-electron chi connectivity index (χ4n) is 9.06. The van der Waals surface area contributed by atoms with Crippen molar-refractivity contribution in [3.05, 3.63) is 0 Å². The number of amides is 2. The number of alkyl carbamates (subject to hydrolysis) is 1. The molecule has 7 heteroatoms. The number of hydrogen-bond acceptors (Lipinski definition) is 6. The molecule has 3 aliphatic carbocycles. The van der Waals surface area contributed by atoms with Crippen LogP contribution in [0.4, 0.5) is 4.79 Å². The van der Waals surface area contributed by atoms with Crippen LogP contribution in [0, 0.1) is 51.8 Å². The third kappa shape index (κ3) is 4.53. The van der Waals surface area contributed by atoms with E-state index in [2.05, 4.69) is 58.7 Å². The summed E-state index contributed by atoms with van der Waals surface area (Å²) in [6.45, 7) is 16.7. The molecule has 1 heterocycles. The molecule has 0 spiro atoms. The van der Waals surface area contributed by atoms with Crippen LogP contribution in [0.3, 0.4) is 0 Å². The maximum absolute atomic E-state index is 14.3. The molecule has 0 aromatic heterocycles. The van der Waals surface area contributed by atoms with Gasteiger partial charge in [-0.15, -0.1) is 0 Å². The summed E-state index contributed by atoms with van der Waals surface area (Å²) in [6, 6.07) is 0. The second-order valence-corrected chi connectivity index (χ2v) is 14.2. The number of ether oxygens (including phenoxy) is 2. The Balaban J connectivity index is 1.70. The van der Waals surface area contributed by atoms with Crippen molar-refractivity contribution in [3.8, 4) is 0 Å². The van der Waals surface area contributed by atoms with Gasteiger partial charge in [-0.3, -0.25) is 14.9 Å². The van der Waals surface area contributed by atoms with E-state index in [9.17, 15) is 14.4 Å². The monoisotopic (exact) mass is 532 g/mol. The molecule has 38 heavy (non-hydrogen) atoms. The van der Waals surface area contributed by atoms with Crippen LogP contribution < -0.4 is 5.32 Å². The molecule has 0 aromatic carbocycles. The van der Waals surface area contributed by atoms with Crippen LogP contribution in [0.1, 0.15) is 87.0 Å². The van der Waals surface area contributed by atoms with Gasteiger partial charge in [0.25, 0.3) is 0 Å². The van der Waals surface area contributed by atoms with Gasteiger partial charge in [-0.05, 0) is 75.3 Å². The Morgan fingerprint density at radius 2 is 1.74 bits per heavy atom. The minimum absolute atomic E-state index is 0.0239. The van der Waals surface area contributed by atoms with Gasteiger partial charge >= 0.3 is 6.09 Å². The summed E-state index contributed by atoms with van der Waals surface area (Å²) in [4.78, 5) is 43.1. The molecule has 2 amide bonds. The average molecular weight is 533 g/mol. The first-order chi connectivity index (χ1) is 17.7. The molecule has 1 aliphatic heterocycles. The highest BCUT2D eigenvalue weighted by Crippen LogP contribution is 2.69. The van der Waals surface area contributed by atoms with Crippen LogP contribution in [-0.2, 0) is 19.1 Å². The second-order valence-electron chi connectivity index (χ2n) is 14.2. The van der Waals surface area contributed by atoms with E-state index in [0.717, 1.165) is 38.6 Å². The first kappa shape index (κ1) is 29.5. The molecule has 1 saturated heterocycles. The van der Waals surface area contributed by atoms with E-state index in [-0.39, 0.29) is 64.1 Å². The van der Waals surface area contributed by atoms with Crippen LogP contribution in [0.15, 0.2) is 0 Å². The van der Waals surface area contributed by atoms with Crippen LogP contribution in [-0.4, -0.2) is 62.1 Å². The van der Waals surface area contributed by atoms with Crippen LogP contribution >= 0.6 is 0 Å². The lowest BCUT2D eigenvalue weighted by atomic mass is 9.43. The molecular formula is C31H52N2O5.